The molecule has 0 radical (unpaired) electrons. The summed E-state index contributed by atoms with van der Waals surface area (Å²) in [5.74, 6) is 0. The van der Waals surface area contributed by atoms with Crippen LogP contribution in [0.3, 0.4) is 0 Å². The summed E-state index contributed by atoms with van der Waals surface area (Å²) in [6, 6.07) is 26.1. The van der Waals surface area contributed by atoms with Crippen molar-refractivity contribution in [2.45, 2.75) is 38.7 Å². The minimum atomic E-state index is -0.203. The lowest BCUT2D eigenvalue weighted by molar-refractivity contribution is 0.182. The molecule has 0 saturated carbocycles. The Bertz CT molecular complexity index is 914. The summed E-state index contributed by atoms with van der Waals surface area (Å²) < 4.78 is 0. The summed E-state index contributed by atoms with van der Waals surface area (Å²) in [6.45, 7) is 5.64. The van der Waals surface area contributed by atoms with Crippen LogP contribution in [0.15, 0.2) is 91.5 Å². The summed E-state index contributed by atoms with van der Waals surface area (Å²) >= 11 is 0. The lowest BCUT2D eigenvalue weighted by atomic mass is 9.98. The molecule has 0 saturated heterocycles. The molecule has 0 bridgehead atoms. The van der Waals surface area contributed by atoms with Gasteiger partial charge in [-0.25, -0.2) is 0 Å². The fourth-order valence-corrected chi connectivity index (χ4v) is 3.39. The number of unbranched alkanes of at least 4 members (excludes halogenated alkanes) is 1. The van der Waals surface area contributed by atoms with Crippen LogP contribution in [0, 0.1) is 0 Å². The van der Waals surface area contributed by atoms with Gasteiger partial charge in [0, 0.05) is 0 Å². The fraction of sp³-hybridized carbons (Fsp3) is 0.214. The average molecular weight is 383 g/mol. The Labute approximate surface area is 175 Å². The Morgan fingerprint density at radius 2 is 1.28 bits per heavy atom. The molecule has 0 fully saturated rings. The van der Waals surface area contributed by atoms with Crippen molar-refractivity contribution in [3.63, 3.8) is 0 Å². The van der Waals surface area contributed by atoms with E-state index in [9.17, 15) is 5.11 Å². The van der Waals surface area contributed by atoms with Crippen LogP contribution < -0.4 is 0 Å². The van der Waals surface area contributed by atoms with Gasteiger partial charge in [0.2, 0.25) is 0 Å². The molecule has 0 amide bonds. The third-order valence-electron chi connectivity index (χ3n) is 5.10. The topological polar surface area (TPSA) is 20.2 Å². The Kier molecular flexibility index (Phi) is 7.61. The molecule has 0 aliphatic rings. The molecular formula is C28H30O. The first-order chi connectivity index (χ1) is 14.2. The highest BCUT2D eigenvalue weighted by molar-refractivity contribution is 5.71. The van der Waals surface area contributed by atoms with Crippen molar-refractivity contribution in [1.29, 1.82) is 0 Å². The van der Waals surface area contributed by atoms with Crippen LogP contribution >= 0.6 is 0 Å². The molecule has 1 nitrogen and oxygen atoms in total. The van der Waals surface area contributed by atoms with Gasteiger partial charge in [-0.3, -0.25) is 0 Å². The normalized spacial score (nSPS) is 12.2. The SMILES string of the molecule is C=CCc1ccc(-c2ccc(-c3ccc(/C=C/CCCC(C)O)cc3)cc2)cc1. The van der Waals surface area contributed by atoms with Gasteiger partial charge in [0.15, 0.2) is 0 Å². The smallest absolute Gasteiger partial charge is 0.0512 e. The number of allylic oxidation sites excluding steroid dienone is 2. The summed E-state index contributed by atoms with van der Waals surface area (Å²) in [5.41, 5.74) is 7.42. The van der Waals surface area contributed by atoms with Gasteiger partial charge in [-0.2, -0.15) is 0 Å². The minimum absolute atomic E-state index is 0.203. The van der Waals surface area contributed by atoms with E-state index in [1.807, 2.05) is 13.0 Å². The van der Waals surface area contributed by atoms with Crippen LogP contribution in [0.1, 0.15) is 37.3 Å². The van der Waals surface area contributed by atoms with Crippen LogP contribution in [0.5, 0.6) is 0 Å². The second-order valence-electron chi connectivity index (χ2n) is 7.57. The number of hydrogen-bond acceptors (Lipinski definition) is 1. The highest BCUT2D eigenvalue weighted by Crippen LogP contribution is 2.26. The highest BCUT2D eigenvalue weighted by Gasteiger charge is 2.01. The molecule has 1 heteroatoms. The summed E-state index contributed by atoms with van der Waals surface area (Å²) in [4.78, 5) is 0. The third kappa shape index (κ3) is 6.30. The molecule has 1 N–H and O–H groups in total. The maximum atomic E-state index is 9.29. The predicted molar refractivity (Wildman–Crippen MR) is 126 cm³/mol. The molecule has 3 aromatic rings. The van der Waals surface area contributed by atoms with Gasteiger partial charge in [0.05, 0.1) is 6.10 Å². The van der Waals surface area contributed by atoms with E-state index in [2.05, 4.69) is 91.5 Å². The maximum Gasteiger partial charge on any atom is 0.0512 e. The Morgan fingerprint density at radius 1 is 0.793 bits per heavy atom. The molecule has 29 heavy (non-hydrogen) atoms. The monoisotopic (exact) mass is 382 g/mol. The fourth-order valence-electron chi connectivity index (χ4n) is 3.39. The first-order valence-corrected chi connectivity index (χ1v) is 10.4. The number of aliphatic hydroxyl groups is 1. The lowest BCUT2D eigenvalue weighted by Crippen LogP contribution is -1.97. The Morgan fingerprint density at radius 3 is 1.76 bits per heavy atom. The quantitative estimate of drug-likeness (QED) is 0.304. The lowest BCUT2D eigenvalue weighted by Gasteiger charge is -2.06. The van der Waals surface area contributed by atoms with Crippen LogP contribution in [-0.4, -0.2) is 11.2 Å². The molecular weight excluding hydrogens is 352 g/mol. The van der Waals surface area contributed by atoms with Crippen LogP contribution in [0.4, 0.5) is 0 Å². The van der Waals surface area contributed by atoms with Gasteiger partial charge < -0.3 is 5.11 Å². The van der Waals surface area contributed by atoms with Crippen molar-refractivity contribution in [3.8, 4) is 22.3 Å². The van der Waals surface area contributed by atoms with Gasteiger partial charge in [-0.1, -0.05) is 91.0 Å². The van der Waals surface area contributed by atoms with Crippen molar-refractivity contribution in [2.24, 2.45) is 0 Å². The van der Waals surface area contributed by atoms with Crippen LogP contribution in [0.25, 0.3) is 28.3 Å². The molecule has 3 rings (SSSR count). The second kappa shape index (κ2) is 10.6. The van der Waals surface area contributed by atoms with Gasteiger partial charge in [-0.15, -0.1) is 6.58 Å². The molecule has 0 spiro atoms. The second-order valence-corrected chi connectivity index (χ2v) is 7.57. The molecule has 0 aliphatic heterocycles. The summed E-state index contributed by atoms with van der Waals surface area (Å²) in [5, 5.41) is 9.29. The predicted octanol–water partition coefficient (Wildman–Crippen LogP) is 7.31. The van der Waals surface area contributed by atoms with E-state index in [1.54, 1.807) is 0 Å². The van der Waals surface area contributed by atoms with Gasteiger partial charge in [-0.05, 0) is 66.0 Å². The van der Waals surface area contributed by atoms with Crippen molar-refractivity contribution >= 4 is 6.08 Å². The number of hydrogen-bond donors (Lipinski definition) is 1. The first-order valence-electron chi connectivity index (χ1n) is 10.4. The van der Waals surface area contributed by atoms with Gasteiger partial charge in [0.1, 0.15) is 0 Å². The molecule has 0 heterocycles. The Hall–Kier alpha value is -2.90. The van der Waals surface area contributed by atoms with Crippen molar-refractivity contribution in [2.75, 3.05) is 0 Å². The van der Waals surface area contributed by atoms with Crippen molar-refractivity contribution in [3.05, 3.63) is 103 Å². The third-order valence-corrected chi connectivity index (χ3v) is 5.10. The molecule has 0 aliphatic carbocycles. The molecule has 3 aromatic carbocycles. The zero-order valence-corrected chi connectivity index (χ0v) is 17.2. The average Bonchev–Trinajstić information content (AvgIpc) is 2.75. The number of aliphatic hydroxyl groups excluding tert-OH is 1. The van der Waals surface area contributed by atoms with E-state index in [4.69, 9.17) is 0 Å². The number of rotatable bonds is 9. The van der Waals surface area contributed by atoms with Gasteiger partial charge >= 0.3 is 0 Å². The Balaban J connectivity index is 1.62. The largest absolute Gasteiger partial charge is 0.393 e. The number of benzene rings is 3. The van der Waals surface area contributed by atoms with E-state index in [0.717, 1.165) is 25.7 Å². The molecule has 0 aromatic heterocycles. The van der Waals surface area contributed by atoms with E-state index >= 15 is 0 Å². The summed E-state index contributed by atoms with van der Waals surface area (Å²) in [7, 11) is 0. The molecule has 1 unspecified atom stereocenters. The maximum absolute atomic E-state index is 9.29. The van der Waals surface area contributed by atoms with Crippen LogP contribution in [-0.2, 0) is 6.42 Å². The van der Waals surface area contributed by atoms with E-state index in [-0.39, 0.29) is 6.10 Å². The first kappa shape index (κ1) is 20.8. The highest BCUT2D eigenvalue weighted by atomic mass is 16.3. The molecule has 148 valence electrons. The standard InChI is InChI=1S/C28H30O/c1-3-7-23-10-14-25(15-11-23)27-18-20-28(21-19-27)26-16-12-24(13-17-26)9-6-4-5-8-22(2)29/h3,6,9-22,29H,1,4-5,7-8H2,2H3/b9-6+. The zero-order valence-electron chi connectivity index (χ0n) is 17.2. The van der Waals surface area contributed by atoms with Gasteiger partial charge in [0.25, 0.3) is 0 Å². The summed E-state index contributed by atoms with van der Waals surface area (Å²) in [6.07, 6.45) is 9.87. The van der Waals surface area contributed by atoms with Crippen LogP contribution in [0.2, 0.25) is 0 Å². The minimum Gasteiger partial charge on any atom is -0.393 e. The van der Waals surface area contributed by atoms with E-state index < -0.39 is 0 Å². The van der Waals surface area contributed by atoms with E-state index in [0.29, 0.717) is 0 Å². The van der Waals surface area contributed by atoms with Crippen molar-refractivity contribution in [1.82, 2.24) is 0 Å². The van der Waals surface area contributed by atoms with E-state index in [1.165, 1.54) is 33.4 Å². The van der Waals surface area contributed by atoms with Crippen molar-refractivity contribution < 1.29 is 5.11 Å². The molecule has 1 atom stereocenters. The zero-order chi connectivity index (χ0) is 20.5.